The number of anilines is 6. The van der Waals surface area contributed by atoms with Gasteiger partial charge >= 0.3 is 0 Å². The number of thiophene rings is 1. The lowest BCUT2D eigenvalue weighted by Gasteiger charge is -2.40. The molecule has 11 rings (SSSR count). The van der Waals surface area contributed by atoms with E-state index in [1.54, 1.807) is 0 Å². The standard InChI is InChI=1S/C54H36N2S/c1-3-11-37(12-4-1)38-19-25-42(26-20-38)44-29-33-51-52(36-44)56(45-13-5-2-6-14-45)50-17-9-8-16-49(50)55(51)46-31-27-40(28-32-46)39-21-23-41(24-22-39)43-30-34-54-48(35-43)47-15-7-10-18-53(47)57-54/h1-36H. The van der Waals surface area contributed by atoms with Crippen molar-refractivity contribution < 1.29 is 0 Å². The van der Waals surface area contributed by atoms with Crippen molar-refractivity contribution in [3.63, 3.8) is 0 Å². The molecule has 57 heavy (non-hydrogen) atoms. The Hall–Kier alpha value is -7.20. The third kappa shape index (κ3) is 5.88. The molecule has 3 heteroatoms. The minimum absolute atomic E-state index is 1.12. The van der Waals surface area contributed by atoms with Crippen LogP contribution in [0, 0.1) is 0 Å². The van der Waals surface area contributed by atoms with Gasteiger partial charge in [-0.05, 0) is 111 Å². The maximum Gasteiger partial charge on any atom is 0.0709 e. The van der Waals surface area contributed by atoms with Crippen molar-refractivity contribution in [1.29, 1.82) is 0 Å². The third-order valence-corrected chi connectivity index (χ3v) is 12.4. The first-order valence-corrected chi connectivity index (χ1v) is 20.2. The molecular weight excluding hydrogens is 709 g/mol. The number of hydrogen-bond donors (Lipinski definition) is 0. The summed E-state index contributed by atoms with van der Waals surface area (Å²) in [6.45, 7) is 0. The molecule has 1 aliphatic heterocycles. The SMILES string of the molecule is c1ccc(-c2ccc(-c3ccc4c(c3)N(c3ccccc3)c3ccccc3N4c3ccc(-c4ccc(-c5ccc6sc7ccccc7c6c5)cc4)cc3)cc2)cc1. The summed E-state index contributed by atoms with van der Waals surface area (Å²) in [5, 5.41) is 2.66. The van der Waals surface area contributed by atoms with Crippen molar-refractivity contribution in [2.45, 2.75) is 0 Å². The van der Waals surface area contributed by atoms with Gasteiger partial charge in [0.15, 0.2) is 0 Å². The van der Waals surface area contributed by atoms with Gasteiger partial charge in [0.2, 0.25) is 0 Å². The molecule has 0 radical (unpaired) electrons. The topological polar surface area (TPSA) is 6.48 Å². The highest BCUT2D eigenvalue weighted by Gasteiger charge is 2.30. The first-order chi connectivity index (χ1) is 28.2. The molecule has 0 N–H and O–H groups in total. The van der Waals surface area contributed by atoms with Crippen molar-refractivity contribution >= 4 is 65.6 Å². The van der Waals surface area contributed by atoms with Gasteiger partial charge in [0.1, 0.15) is 0 Å². The normalized spacial score (nSPS) is 12.1. The molecule has 0 saturated carbocycles. The summed E-state index contributed by atoms with van der Waals surface area (Å²) in [6.07, 6.45) is 0. The molecule has 0 unspecified atom stereocenters. The van der Waals surface area contributed by atoms with Crippen molar-refractivity contribution in [2.24, 2.45) is 0 Å². The lowest BCUT2D eigenvalue weighted by Crippen LogP contribution is -2.24. The van der Waals surface area contributed by atoms with Crippen molar-refractivity contribution in [1.82, 2.24) is 0 Å². The Balaban J connectivity index is 0.947. The van der Waals surface area contributed by atoms with Gasteiger partial charge in [-0.3, -0.25) is 0 Å². The largest absolute Gasteiger partial charge is 0.306 e. The van der Waals surface area contributed by atoms with Crippen LogP contribution in [0.15, 0.2) is 218 Å². The molecular formula is C54H36N2S. The summed E-state index contributed by atoms with van der Waals surface area (Å²) in [6, 6.07) is 79.4. The van der Waals surface area contributed by atoms with E-state index < -0.39 is 0 Å². The van der Waals surface area contributed by atoms with Crippen LogP contribution in [-0.4, -0.2) is 0 Å². The second-order valence-corrected chi connectivity index (χ2v) is 15.7. The molecule has 9 aromatic carbocycles. The maximum atomic E-state index is 2.41. The highest BCUT2D eigenvalue weighted by atomic mass is 32.1. The fourth-order valence-electron chi connectivity index (χ4n) is 8.36. The van der Waals surface area contributed by atoms with E-state index in [-0.39, 0.29) is 0 Å². The Labute approximate surface area is 336 Å². The van der Waals surface area contributed by atoms with Crippen molar-refractivity contribution in [2.75, 3.05) is 9.80 Å². The first kappa shape index (κ1) is 33.2. The van der Waals surface area contributed by atoms with E-state index in [0.29, 0.717) is 0 Å². The Kier molecular flexibility index (Phi) is 8.04. The average molecular weight is 745 g/mol. The maximum absolute atomic E-state index is 2.41. The third-order valence-electron chi connectivity index (χ3n) is 11.2. The highest BCUT2D eigenvalue weighted by Crippen LogP contribution is 2.55. The number of rotatable bonds is 6. The summed E-state index contributed by atoms with van der Waals surface area (Å²) in [4.78, 5) is 4.81. The van der Waals surface area contributed by atoms with Crippen LogP contribution in [-0.2, 0) is 0 Å². The molecule has 0 spiro atoms. The van der Waals surface area contributed by atoms with E-state index >= 15 is 0 Å². The number of para-hydroxylation sites is 3. The molecule has 0 fully saturated rings. The van der Waals surface area contributed by atoms with E-state index in [1.165, 1.54) is 64.7 Å². The lowest BCUT2D eigenvalue weighted by atomic mass is 9.97. The monoisotopic (exact) mass is 744 g/mol. The first-order valence-electron chi connectivity index (χ1n) is 19.4. The van der Waals surface area contributed by atoms with Gasteiger partial charge in [-0.25, -0.2) is 0 Å². The van der Waals surface area contributed by atoms with Gasteiger partial charge in [0, 0.05) is 31.5 Å². The molecule has 0 saturated heterocycles. The van der Waals surface area contributed by atoms with Crippen LogP contribution in [0.5, 0.6) is 0 Å². The van der Waals surface area contributed by atoms with E-state index in [2.05, 4.69) is 228 Å². The minimum Gasteiger partial charge on any atom is -0.306 e. The Morgan fingerprint density at radius 3 is 1.30 bits per heavy atom. The second-order valence-electron chi connectivity index (χ2n) is 14.6. The average Bonchev–Trinajstić information content (AvgIpc) is 3.67. The molecule has 0 atom stereocenters. The Morgan fingerprint density at radius 1 is 0.246 bits per heavy atom. The van der Waals surface area contributed by atoms with E-state index in [9.17, 15) is 0 Å². The number of fused-ring (bicyclic) bond motifs is 5. The summed E-state index contributed by atoms with van der Waals surface area (Å²) in [7, 11) is 0. The lowest BCUT2D eigenvalue weighted by molar-refractivity contribution is 1.17. The van der Waals surface area contributed by atoms with Gasteiger partial charge < -0.3 is 9.80 Å². The van der Waals surface area contributed by atoms with E-state index in [4.69, 9.17) is 0 Å². The van der Waals surface area contributed by atoms with E-state index in [1.807, 2.05) is 11.3 Å². The molecule has 0 bridgehead atoms. The minimum atomic E-state index is 1.12. The molecule has 1 aliphatic rings. The van der Waals surface area contributed by atoms with Crippen LogP contribution in [0.25, 0.3) is 64.7 Å². The highest BCUT2D eigenvalue weighted by molar-refractivity contribution is 7.25. The van der Waals surface area contributed by atoms with E-state index in [0.717, 1.165) is 34.1 Å². The zero-order valence-corrected chi connectivity index (χ0v) is 31.9. The fraction of sp³-hybridized carbons (Fsp3) is 0. The Morgan fingerprint density at radius 2 is 0.649 bits per heavy atom. The van der Waals surface area contributed by atoms with Crippen LogP contribution in [0.3, 0.4) is 0 Å². The summed E-state index contributed by atoms with van der Waals surface area (Å²) < 4.78 is 2.67. The van der Waals surface area contributed by atoms with Gasteiger partial charge in [-0.15, -0.1) is 11.3 Å². The molecule has 1 aromatic heterocycles. The smallest absolute Gasteiger partial charge is 0.0709 e. The fourth-order valence-corrected chi connectivity index (χ4v) is 9.44. The van der Waals surface area contributed by atoms with Crippen molar-refractivity contribution in [3.8, 4) is 44.5 Å². The van der Waals surface area contributed by atoms with Crippen LogP contribution < -0.4 is 9.80 Å². The number of nitrogens with zero attached hydrogens (tertiary/aromatic N) is 2. The summed E-state index contributed by atoms with van der Waals surface area (Å²) in [5.74, 6) is 0. The molecule has 0 aliphatic carbocycles. The predicted molar refractivity (Wildman–Crippen MR) is 244 cm³/mol. The molecule has 2 nitrogen and oxygen atoms in total. The Bertz CT molecular complexity index is 3040. The van der Waals surface area contributed by atoms with Gasteiger partial charge in [-0.2, -0.15) is 0 Å². The zero-order chi connectivity index (χ0) is 37.7. The van der Waals surface area contributed by atoms with Crippen LogP contribution in [0.4, 0.5) is 34.1 Å². The zero-order valence-electron chi connectivity index (χ0n) is 31.1. The quantitative estimate of drug-likeness (QED) is 0.167. The van der Waals surface area contributed by atoms with Crippen LogP contribution in [0.2, 0.25) is 0 Å². The van der Waals surface area contributed by atoms with Crippen LogP contribution in [0.1, 0.15) is 0 Å². The molecule has 10 aromatic rings. The second kappa shape index (κ2) is 13.8. The molecule has 2 heterocycles. The van der Waals surface area contributed by atoms with Gasteiger partial charge in [0.25, 0.3) is 0 Å². The molecule has 0 amide bonds. The van der Waals surface area contributed by atoms with Crippen molar-refractivity contribution in [3.05, 3.63) is 218 Å². The van der Waals surface area contributed by atoms with Gasteiger partial charge in [-0.1, -0.05) is 152 Å². The van der Waals surface area contributed by atoms with Crippen LogP contribution >= 0.6 is 11.3 Å². The molecule has 268 valence electrons. The van der Waals surface area contributed by atoms with Gasteiger partial charge in [0.05, 0.1) is 22.7 Å². The number of hydrogen-bond acceptors (Lipinski definition) is 3. The summed E-state index contributed by atoms with van der Waals surface area (Å²) >= 11 is 1.86. The summed E-state index contributed by atoms with van der Waals surface area (Å²) in [5.41, 5.74) is 16.5. The number of benzene rings is 9. The predicted octanol–water partition coefficient (Wildman–Crippen LogP) is 16.0.